The van der Waals surface area contributed by atoms with Crippen molar-refractivity contribution in [3.63, 3.8) is 0 Å². The number of carbonyl (C=O) groups is 2. The normalized spacial score (nSPS) is 44.5. The minimum atomic E-state index is -0.157. The molecule has 0 amide bonds. The number of ketones is 1. The number of ether oxygens (including phenoxy) is 1. The molecule has 0 aromatic rings. The quantitative estimate of drug-likeness (QED) is 0.388. The third-order valence-corrected chi connectivity index (χ3v) is 11.6. The maximum Gasteiger partial charge on any atom is 0.302 e. The predicted octanol–water partition coefficient (Wildman–Crippen LogP) is 7.46. The van der Waals surface area contributed by atoms with Crippen LogP contribution < -0.4 is 0 Å². The molecule has 0 saturated heterocycles. The molecular weight excluding hydrogens is 408 g/mol. The average molecular weight is 459 g/mol. The fourth-order valence-corrected chi connectivity index (χ4v) is 9.41. The molecule has 4 aliphatic rings. The van der Waals surface area contributed by atoms with E-state index in [9.17, 15) is 9.59 Å². The Balaban J connectivity index is 1.49. The molecule has 4 rings (SSSR count). The molecule has 188 valence electrons. The summed E-state index contributed by atoms with van der Waals surface area (Å²) in [6, 6.07) is 0. The second-order valence-electron chi connectivity index (χ2n) is 13.6. The lowest BCUT2D eigenvalue weighted by atomic mass is 9.44. The van der Waals surface area contributed by atoms with Gasteiger partial charge in [0.1, 0.15) is 11.9 Å². The van der Waals surface area contributed by atoms with Crippen LogP contribution in [0.5, 0.6) is 0 Å². The van der Waals surface area contributed by atoms with Crippen molar-refractivity contribution in [3.05, 3.63) is 0 Å². The first-order chi connectivity index (χ1) is 15.5. The maximum atomic E-state index is 13.9. The van der Waals surface area contributed by atoms with Gasteiger partial charge in [-0.25, -0.2) is 0 Å². The highest BCUT2D eigenvalue weighted by Crippen LogP contribution is 2.67. The number of hydrogen-bond donors (Lipinski definition) is 0. The standard InChI is InChI=1S/C30H50O3/c1-18(2)19(3)8-9-20(4)25-12-13-26-24-11-10-22-16-23(33-21(5)31)14-15-29(22,6)28(24)27(32)17-30(25,26)7/h18-20,22-26,28H,8-17H2,1-7H3/t19-,20+,22-,23+,24-,25+,26-,28+,29-,30+/m0/s1. The molecule has 3 heteroatoms. The van der Waals surface area contributed by atoms with Crippen molar-refractivity contribution >= 4 is 11.8 Å². The van der Waals surface area contributed by atoms with Crippen molar-refractivity contribution < 1.29 is 14.3 Å². The van der Waals surface area contributed by atoms with Crippen molar-refractivity contribution in [3.8, 4) is 0 Å². The molecule has 33 heavy (non-hydrogen) atoms. The van der Waals surface area contributed by atoms with E-state index in [2.05, 4.69) is 41.5 Å². The van der Waals surface area contributed by atoms with Gasteiger partial charge in [0.2, 0.25) is 0 Å². The van der Waals surface area contributed by atoms with Gasteiger partial charge in [0.15, 0.2) is 0 Å². The molecule has 4 saturated carbocycles. The van der Waals surface area contributed by atoms with Gasteiger partial charge in [0.05, 0.1) is 0 Å². The van der Waals surface area contributed by atoms with Gasteiger partial charge in [0.25, 0.3) is 0 Å². The number of carbonyl (C=O) groups excluding carboxylic acids is 2. The summed E-state index contributed by atoms with van der Waals surface area (Å²) < 4.78 is 5.60. The van der Waals surface area contributed by atoms with Crippen LogP contribution in [0.2, 0.25) is 0 Å². The Hall–Kier alpha value is -0.860. The molecule has 3 nitrogen and oxygen atoms in total. The highest BCUT2D eigenvalue weighted by atomic mass is 16.5. The SMILES string of the molecule is CC(=O)O[C@@H]1CC[C@@]2(C)[C@@H](CC[C@H]3[C@@H]4CC[C@H]([C@H](C)CC[C@H](C)C(C)C)[C@@]4(C)CC(=O)[C@@H]32)C1. The van der Waals surface area contributed by atoms with E-state index in [-0.39, 0.29) is 28.8 Å². The molecule has 0 unspecified atom stereocenters. The summed E-state index contributed by atoms with van der Waals surface area (Å²) in [6.07, 6.45) is 11.5. The summed E-state index contributed by atoms with van der Waals surface area (Å²) in [7, 11) is 0. The molecule has 10 atom stereocenters. The lowest BCUT2D eigenvalue weighted by Gasteiger charge is -2.60. The van der Waals surface area contributed by atoms with Gasteiger partial charge in [-0.2, -0.15) is 0 Å². The van der Waals surface area contributed by atoms with Gasteiger partial charge in [-0.1, -0.05) is 54.4 Å². The van der Waals surface area contributed by atoms with E-state index in [4.69, 9.17) is 4.74 Å². The average Bonchev–Trinajstić information content (AvgIpc) is 3.07. The Kier molecular flexibility index (Phi) is 7.12. The molecular formula is C30H50O3. The molecule has 4 aliphatic carbocycles. The summed E-state index contributed by atoms with van der Waals surface area (Å²) in [5, 5.41) is 0. The Morgan fingerprint density at radius 3 is 2.39 bits per heavy atom. The minimum absolute atomic E-state index is 0.0611. The van der Waals surface area contributed by atoms with Crippen LogP contribution in [0.1, 0.15) is 113 Å². The van der Waals surface area contributed by atoms with Gasteiger partial charge in [-0.05, 0) is 97.2 Å². The first-order valence-electron chi connectivity index (χ1n) is 14.2. The van der Waals surface area contributed by atoms with Gasteiger partial charge >= 0.3 is 5.97 Å². The van der Waals surface area contributed by atoms with Crippen molar-refractivity contribution in [1.29, 1.82) is 0 Å². The van der Waals surface area contributed by atoms with E-state index in [1.54, 1.807) is 0 Å². The van der Waals surface area contributed by atoms with Crippen LogP contribution in [0, 0.1) is 58.2 Å². The molecule has 0 N–H and O–H groups in total. The molecule has 0 spiro atoms. The highest BCUT2D eigenvalue weighted by molar-refractivity contribution is 5.84. The summed E-state index contributed by atoms with van der Waals surface area (Å²) >= 11 is 0. The first-order valence-corrected chi connectivity index (χ1v) is 14.2. The van der Waals surface area contributed by atoms with E-state index in [0.717, 1.165) is 49.4 Å². The van der Waals surface area contributed by atoms with E-state index in [1.807, 2.05) is 0 Å². The monoisotopic (exact) mass is 458 g/mol. The van der Waals surface area contributed by atoms with Gasteiger partial charge < -0.3 is 4.74 Å². The van der Waals surface area contributed by atoms with Crippen molar-refractivity contribution in [1.82, 2.24) is 0 Å². The molecule has 0 radical (unpaired) electrons. The lowest BCUT2D eigenvalue weighted by molar-refractivity contribution is -0.169. The van der Waals surface area contributed by atoms with E-state index in [1.165, 1.54) is 45.4 Å². The van der Waals surface area contributed by atoms with Crippen LogP contribution in [-0.2, 0) is 14.3 Å². The number of Topliss-reactive ketones (excluding diaryl/α,β-unsaturated/α-hetero) is 1. The highest BCUT2D eigenvalue weighted by Gasteiger charge is 2.63. The van der Waals surface area contributed by atoms with Gasteiger partial charge in [0, 0.05) is 19.3 Å². The van der Waals surface area contributed by atoms with E-state index in [0.29, 0.717) is 23.5 Å². The third-order valence-electron chi connectivity index (χ3n) is 11.6. The van der Waals surface area contributed by atoms with Crippen LogP contribution >= 0.6 is 0 Å². The Morgan fingerprint density at radius 1 is 1.00 bits per heavy atom. The summed E-state index contributed by atoms with van der Waals surface area (Å²) in [5.41, 5.74) is 0.311. The molecule has 0 heterocycles. The third kappa shape index (κ3) is 4.44. The fraction of sp³-hybridized carbons (Fsp3) is 0.933. The van der Waals surface area contributed by atoms with Gasteiger partial charge in [-0.3, -0.25) is 9.59 Å². The van der Waals surface area contributed by atoms with E-state index < -0.39 is 0 Å². The summed E-state index contributed by atoms with van der Waals surface area (Å²) in [6.45, 7) is 16.0. The minimum Gasteiger partial charge on any atom is -0.463 e. The topological polar surface area (TPSA) is 43.4 Å². The molecule has 0 aromatic carbocycles. The van der Waals surface area contributed by atoms with Crippen LogP contribution in [-0.4, -0.2) is 17.9 Å². The molecule has 0 aliphatic heterocycles. The van der Waals surface area contributed by atoms with E-state index >= 15 is 0 Å². The van der Waals surface area contributed by atoms with Crippen LogP contribution in [0.4, 0.5) is 0 Å². The van der Waals surface area contributed by atoms with Crippen LogP contribution in [0.3, 0.4) is 0 Å². The molecule has 0 bridgehead atoms. The number of esters is 1. The maximum absolute atomic E-state index is 13.9. The Morgan fingerprint density at radius 2 is 1.73 bits per heavy atom. The second-order valence-corrected chi connectivity index (χ2v) is 13.6. The zero-order valence-corrected chi connectivity index (χ0v) is 22.5. The largest absolute Gasteiger partial charge is 0.463 e. The zero-order valence-electron chi connectivity index (χ0n) is 22.5. The number of hydrogen-bond acceptors (Lipinski definition) is 3. The molecule has 4 fully saturated rings. The Labute approximate surface area is 203 Å². The summed E-state index contributed by atoms with van der Waals surface area (Å²) in [5.74, 6) is 5.45. The fourth-order valence-electron chi connectivity index (χ4n) is 9.41. The van der Waals surface area contributed by atoms with Crippen LogP contribution in [0.15, 0.2) is 0 Å². The Bertz CT molecular complexity index is 743. The smallest absolute Gasteiger partial charge is 0.302 e. The van der Waals surface area contributed by atoms with Crippen molar-refractivity contribution in [2.24, 2.45) is 58.2 Å². The first kappa shape index (κ1) is 25.2. The van der Waals surface area contributed by atoms with Crippen LogP contribution in [0.25, 0.3) is 0 Å². The second kappa shape index (κ2) is 9.30. The van der Waals surface area contributed by atoms with Crippen molar-refractivity contribution in [2.75, 3.05) is 0 Å². The summed E-state index contributed by atoms with van der Waals surface area (Å²) in [4.78, 5) is 25.5. The van der Waals surface area contributed by atoms with Gasteiger partial charge in [-0.15, -0.1) is 0 Å². The van der Waals surface area contributed by atoms with Crippen molar-refractivity contribution in [2.45, 2.75) is 119 Å². The number of rotatable bonds is 6. The number of fused-ring (bicyclic) bond motifs is 5. The zero-order chi connectivity index (χ0) is 24.1. The molecule has 0 aromatic heterocycles. The predicted molar refractivity (Wildman–Crippen MR) is 134 cm³/mol. The lowest BCUT2D eigenvalue weighted by Crippen LogP contribution is -2.58.